The lowest BCUT2D eigenvalue weighted by molar-refractivity contribution is 0.599. The van der Waals surface area contributed by atoms with Gasteiger partial charge in [-0.25, -0.2) is 8.42 Å². The molecule has 122 valence electrons. The Hall–Kier alpha value is -1.60. The second kappa shape index (κ2) is 6.88. The summed E-state index contributed by atoms with van der Waals surface area (Å²) in [7, 11) is -0.995. The molecule has 2 heterocycles. The van der Waals surface area contributed by atoms with E-state index in [0.717, 1.165) is 16.7 Å². The Balaban J connectivity index is 1.61. The van der Waals surface area contributed by atoms with Crippen molar-refractivity contribution in [3.05, 3.63) is 47.8 Å². The fourth-order valence-corrected chi connectivity index (χ4v) is 5.14. The summed E-state index contributed by atoms with van der Waals surface area (Å²) in [5.74, 6) is 2.00. The van der Waals surface area contributed by atoms with Gasteiger partial charge in [0.05, 0.1) is 11.5 Å². The summed E-state index contributed by atoms with van der Waals surface area (Å²) >= 11 is 1.60. The summed E-state index contributed by atoms with van der Waals surface area (Å²) < 4.78 is 25.1. The van der Waals surface area contributed by atoms with Gasteiger partial charge in [-0.15, -0.1) is 10.2 Å². The lowest BCUT2D eigenvalue weighted by Crippen LogP contribution is -2.09. The SMILES string of the molecule is Cn1c(SC/C=C/c2ccccc2)nnc1C1CCS(=O)(=O)C1. The maximum absolute atomic E-state index is 11.6. The first kappa shape index (κ1) is 16.3. The molecule has 1 aromatic carbocycles. The molecule has 1 aliphatic heterocycles. The van der Waals surface area contributed by atoms with Crippen molar-refractivity contribution in [2.24, 2.45) is 7.05 Å². The first-order valence-corrected chi connectivity index (χ1v) is 10.3. The minimum absolute atomic E-state index is 0.0216. The first-order valence-electron chi connectivity index (χ1n) is 7.49. The van der Waals surface area contributed by atoms with Gasteiger partial charge in [0, 0.05) is 18.7 Å². The van der Waals surface area contributed by atoms with E-state index in [9.17, 15) is 8.42 Å². The van der Waals surface area contributed by atoms with Crippen LogP contribution in [0.5, 0.6) is 0 Å². The number of benzene rings is 1. The Morgan fingerprint density at radius 1 is 1.30 bits per heavy atom. The molecule has 1 saturated heterocycles. The van der Waals surface area contributed by atoms with Gasteiger partial charge in [0.1, 0.15) is 5.82 Å². The van der Waals surface area contributed by atoms with E-state index < -0.39 is 9.84 Å². The molecule has 0 radical (unpaired) electrons. The van der Waals surface area contributed by atoms with Crippen LogP contribution >= 0.6 is 11.8 Å². The quantitative estimate of drug-likeness (QED) is 0.776. The molecule has 1 fully saturated rings. The summed E-state index contributed by atoms with van der Waals surface area (Å²) in [4.78, 5) is 0. The molecule has 3 rings (SSSR count). The van der Waals surface area contributed by atoms with Crippen molar-refractivity contribution in [2.75, 3.05) is 17.3 Å². The van der Waals surface area contributed by atoms with E-state index >= 15 is 0 Å². The summed E-state index contributed by atoms with van der Waals surface area (Å²) in [6.45, 7) is 0. The van der Waals surface area contributed by atoms with Crippen LogP contribution in [0.2, 0.25) is 0 Å². The average Bonchev–Trinajstić information content (AvgIpc) is 3.07. The predicted molar refractivity (Wildman–Crippen MR) is 93.2 cm³/mol. The molecule has 0 N–H and O–H groups in total. The van der Waals surface area contributed by atoms with Gasteiger partial charge in [0.15, 0.2) is 15.0 Å². The fourth-order valence-electron chi connectivity index (χ4n) is 2.68. The Labute approximate surface area is 140 Å². The second-order valence-corrected chi connectivity index (χ2v) is 8.84. The molecule has 1 aromatic heterocycles. The summed E-state index contributed by atoms with van der Waals surface area (Å²) in [5, 5.41) is 9.22. The van der Waals surface area contributed by atoms with Gasteiger partial charge in [0.2, 0.25) is 0 Å². The molecule has 2 aromatic rings. The molecule has 1 unspecified atom stereocenters. The summed E-state index contributed by atoms with van der Waals surface area (Å²) in [6, 6.07) is 10.1. The second-order valence-electron chi connectivity index (χ2n) is 5.62. The van der Waals surface area contributed by atoms with E-state index in [1.54, 1.807) is 11.8 Å². The van der Waals surface area contributed by atoms with E-state index in [4.69, 9.17) is 0 Å². The van der Waals surface area contributed by atoms with Crippen molar-refractivity contribution in [2.45, 2.75) is 17.5 Å². The average molecular weight is 349 g/mol. The van der Waals surface area contributed by atoms with Crippen LogP contribution in [0.3, 0.4) is 0 Å². The van der Waals surface area contributed by atoms with Gasteiger partial charge in [-0.05, 0) is 12.0 Å². The number of nitrogens with zero attached hydrogens (tertiary/aromatic N) is 3. The van der Waals surface area contributed by atoms with Crippen molar-refractivity contribution in [1.82, 2.24) is 14.8 Å². The largest absolute Gasteiger partial charge is 0.309 e. The Kier molecular flexibility index (Phi) is 4.87. The highest BCUT2D eigenvalue weighted by Gasteiger charge is 2.32. The van der Waals surface area contributed by atoms with E-state index in [0.29, 0.717) is 6.42 Å². The smallest absolute Gasteiger partial charge is 0.191 e. The zero-order valence-electron chi connectivity index (χ0n) is 12.9. The molecule has 7 heteroatoms. The Morgan fingerprint density at radius 2 is 2.09 bits per heavy atom. The molecule has 1 atom stereocenters. The van der Waals surface area contributed by atoms with Crippen molar-refractivity contribution < 1.29 is 8.42 Å². The maximum atomic E-state index is 11.6. The fraction of sp³-hybridized carbons (Fsp3) is 0.375. The molecule has 5 nitrogen and oxygen atoms in total. The number of aromatic nitrogens is 3. The zero-order chi connectivity index (χ0) is 16.3. The maximum Gasteiger partial charge on any atom is 0.191 e. The molecule has 0 amide bonds. The Morgan fingerprint density at radius 3 is 2.78 bits per heavy atom. The van der Waals surface area contributed by atoms with Crippen LogP contribution < -0.4 is 0 Å². The first-order chi connectivity index (χ1) is 11.1. The number of rotatable bonds is 5. The van der Waals surface area contributed by atoms with E-state index in [2.05, 4.69) is 34.5 Å². The van der Waals surface area contributed by atoms with Gasteiger partial charge in [0.25, 0.3) is 0 Å². The normalized spacial score (nSPS) is 20.3. The summed E-state index contributed by atoms with van der Waals surface area (Å²) in [6.07, 6.45) is 4.81. The molecule has 23 heavy (non-hydrogen) atoms. The van der Waals surface area contributed by atoms with Crippen LogP contribution in [-0.4, -0.2) is 40.4 Å². The minimum atomic E-state index is -2.90. The van der Waals surface area contributed by atoms with Crippen LogP contribution in [0.4, 0.5) is 0 Å². The predicted octanol–water partition coefficient (Wildman–Crippen LogP) is 2.52. The van der Waals surface area contributed by atoms with E-state index in [1.165, 1.54) is 5.56 Å². The highest BCUT2D eigenvalue weighted by atomic mass is 32.2. The Bertz CT molecular complexity index is 798. The van der Waals surface area contributed by atoms with Crippen LogP contribution in [0, 0.1) is 0 Å². The van der Waals surface area contributed by atoms with Crippen molar-refractivity contribution in [3.8, 4) is 0 Å². The van der Waals surface area contributed by atoms with Gasteiger partial charge in [-0.1, -0.05) is 54.2 Å². The standard InChI is InChI=1S/C16H19N3O2S2/c1-19-15(14-9-11-23(20,21)12-14)17-18-16(19)22-10-5-8-13-6-3-2-4-7-13/h2-8,14H,9-12H2,1H3/b8-5+. The molecule has 0 spiro atoms. The van der Waals surface area contributed by atoms with Gasteiger partial charge < -0.3 is 4.57 Å². The van der Waals surface area contributed by atoms with Crippen LogP contribution in [0.25, 0.3) is 6.08 Å². The van der Waals surface area contributed by atoms with Gasteiger partial charge in [-0.2, -0.15) is 0 Å². The number of thioether (sulfide) groups is 1. The minimum Gasteiger partial charge on any atom is -0.309 e. The lowest BCUT2D eigenvalue weighted by atomic mass is 10.1. The molecular formula is C16H19N3O2S2. The molecule has 0 bridgehead atoms. The van der Waals surface area contributed by atoms with Crippen molar-refractivity contribution >= 4 is 27.7 Å². The third-order valence-corrected chi connectivity index (χ3v) is 6.63. The monoisotopic (exact) mass is 349 g/mol. The van der Waals surface area contributed by atoms with Crippen LogP contribution in [-0.2, 0) is 16.9 Å². The lowest BCUT2D eigenvalue weighted by Gasteiger charge is -2.07. The van der Waals surface area contributed by atoms with Crippen LogP contribution in [0.15, 0.2) is 41.6 Å². The van der Waals surface area contributed by atoms with E-state index in [1.807, 2.05) is 29.8 Å². The number of hydrogen-bond acceptors (Lipinski definition) is 5. The number of sulfone groups is 1. The third-order valence-electron chi connectivity index (χ3n) is 3.88. The summed E-state index contributed by atoms with van der Waals surface area (Å²) in [5.41, 5.74) is 1.17. The molecule has 1 aliphatic rings. The highest BCUT2D eigenvalue weighted by Crippen LogP contribution is 2.29. The molecular weight excluding hydrogens is 330 g/mol. The number of hydrogen-bond donors (Lipinski definition) is 0. The van der Waals surface area contributed by atoms with Gasteiger partial charge in [-0.3, -0.25) is 0 Å². The van der Waals surface area contributed by atoms with Crippen molar-refractivity contribution in [1.29, 1.82) is 0 Å². The zero-order valence-corrected chi connectivity index (χ0v) is 14.6. The molecule has 0 saturated carbocycles. The highest BCUT2D eigenvalue weighted by molar-refractivity contribution is 7.99. The third kappa shape index (κ3) is 4.03. The van der Waals surface area contributed by atoms with Crippen LogP contribution in [0.1, 0.15) is 23.7 Å². The van der Waals surface area contributed by atoms with Crippen molar-refractivity contribution in [3.63, 3.8) is 0 Å². The van der Waals surface area contributed by atoms with E-state index in [-0.39, 0.29) is 17.4 Å². The van der Waals surface area contributed by atoms with Gasteiger partial charge >= 0.3 is 0 Å². The molecule has 0 aliphatic carbocycles. The topological polar surface area (TPSA) is 64.8 Å².